The number of rotatable bonds is 5. The zero-order valence-corrected chi connectivity index (χ0v) is 23.8. The summed E-state index contributed by atoms with van der Waals surface area (Å²) in [6.45, 7) is 10.8. The van der Waals surface area contributed by atoms with E-state index in [-0.39, 0.29) is 6.10 Å². The highest BCUT2D eigenvalue weighted by Crippen LogP contribution is 2.67. The zero-order chi connectivity index (χ0) is 26.5. The summed E-state index contributed by atoms with van der Waals surface area (Å²) in [6, 6.07) is 3.92. The molecule has 1 aromatic heterocycles. The number of carbonyl (C=O) groups excluding carboxylic acids is 1. The third-order valence-electron chi connectivity index (χ3n) is 12.2. The molecule has 2 heterocycles. The van der Waals surface area contributed by atoms with Gasteiger partial charge in [0.1, 0.15) is 0 Å². The molecule has 208 valence electrons. The standard InChI is InChI=1S/C32H48N4O2/c1-22(6-11-30(38)36-19-17-35(18-20-36)29-5-4-16-33-34-29)26-9-10-27-25-8-7-23-21-24(37)12-14-31(23,2)28(25)13-15-32(26,27)3/h4-5,7,16,22,24-28,37H,6,8-15,17-21H2,1-3H3/t22-,24+,25+,26-,27+,28+,31+,32-/m1/s1. The minimum absolute atomic E-state index is 0.124. The fraction of sp³-hybridized carbons (Fsp3) is 0.781. The van der Waals surface area contributed by atoms with Crippen molar-refractivity contribution < 1.29 is 9.90 Å². The molecule has 0 bridgehead atoms. The molecule has 0 unspecified atom stereocenters. The van der Waals surface area contributed by atoms with Gasteiger partial charge in [0.15, 0.2) is 5.82 Å². The number of hydrogen-bond acceptors (Lipinski definition) is 5. The number of anilines is 1. The average Bonchev–Trinajstić information content (AvgIpc) is 3.30. The van der Waals surface area contributed by atoms with Gasteiger partial charge in [-0.15, -0.1) is 5.10 Å². The Hall–Kier alpha value is -1.95. The smallest absolute Gasteiger partial charge is 0.222 e. The summed E-state index contributed by atoms with van der Waals surface area (Å²) >= 11 is 0. The van der Waals surface area contributed by atoms with Gasteiger partial charge in [-0.3, -0.25) is 4.79 Å². The number of aliphatic hydroxyl groups excluding tert-OH is 1. The Morgan fingerprint density at radius 3 is 2.68 bits per heavy atom. The van der Waals surface area contributed by atoms with Crippen LogP contribution in [0.25, 0.3) is 0 Å². The summed E-state index contributed by atoms with van der Waals surface area (Å²) in [5.74, 6) is 5.00. The zero-order valence-electron chi connectivity index (χ0n) is 23.8. The maximum atomic E-state index is 13.2. The van der Waals surface area contributed by atoms with Gasteiger partial charge in [0.05, 0.1) is 6.10 Å². The molecule has 38 heavy (non-hydrogen) atoms. The highest BCUT2D eigenvalue weighted by Gasteiger charge is 2.59. The van der Waals surface area contributed by atoms with Crippen LogP contribution in [0.4, 0.5) is 5.82 Å². The van der Waals surface area contributed by atoms with Crippen molar-refractivity contribution in [1.29, 1.82) is 0 Å². The van der Waals surface area contributed by atoms with Crippen molar-refractivity contribution in [2.45, 2.75) is 91.1 Å². The summed E-state index contributed by atoms with van der Waals surface area (Å²) in [4.78, 5) is 17.5. The number of carbonyl (C=O) groups is 1. The highest BCUT2D eigenvalue weighted by atomic mass is 16.3. The van der Waals surface area contributed by atoms with E-state index in [1.54, 1.807) is 11.8 Å². The van der Waals surface area contributed by atoms with E-state index in [9.17, 15) is 9.90 Å². The van der Waals surface area contributed by atoms with Gasteiger partial charge in [0, 0.05) is 38.8 Å². The summed E-state index contributed by atoms with van der Waals surface area (Å²) < 4.78 is 0. The fourth-order valence-electron chi connectivity index (χ4n) is 9.97. The van der Waals surface area contributed by atoms with Crippen molar-refractivity contribution in [3.05, 3.63) is 30.0 Å². The molecule has 8 atom stereocenters. The minimum Gasteiger partial charge on any atom is -0.393 e. The fourth-order valence-corrected chi connectivity index (χ4v) is 9.97. The number of aromatic nitrogens is 2. The van der Waals surface area contributed by atoms with Gasteiger partial charge >= 0.3 is 0 Å². The molecule has 1 N–H and O–H groups in total. The Morgan fingerprint density at radius 2 is 1.92 bits per heavy atom. The Morgan fingerprint density at radius 1 is 1.11 bits per heavy atom. The van der Waals surface area contributed by atoms with Crippen molar-refractivity contribution >= 4 is 11.7 Å². The summed E-state index contributed by atoms with van der Waals surface area (Å²) in [6.07, 6.45) is 15.5. The molecule has 4 fully saturated rings. The van der Waals surface area contributed by atoms with Crippen LogP contribution in [0.5, 0.6) is 0 Å². The first-order valence-electron chi connectivity index (χ1n) is 15.5. The van der Waals surface area contributed by atoms with Crippen molar-refractivity contribution in [3.63, 3.8) is 0 Å². The first-order chi connectivity index (χ1) is 18.3. The quantitative estimate of drug-likeness (QED) is 0.521. The summed E-state index contributed by atoms with van der Waals surface area (Å²) in [5.41, 5.74) is 2.30. The van der Waals surface area contributed by atoms with E-state index in [1.165, 1.54) is 38.5 Å². The lowest BCUT2D eigenvalue weighted by Gasteiger charge is -2.58. The predicted octanol–water partition coefficient (Wildman–Crippen LogP) is 5.48. The van der Waals surface area contributed by atoms with E-state index in [0.717, 1.165) is 74.9 Å². The van der Waals surface area contributed by atoms with Crippen LogP contribution >= 0.6 is 0 Å². The first kappa shape index (κ1) is 26.3. The molecule has 6 nitrogen and oxygen atoms in total. The maximum absolute atomic E-state index is 13.2. The number of fused-ring (bicyclic) bond motifs is 5. The monoisotopic (exact) mass is 520 g/mol. The molecule has 1 aromatic rings. The SMILES string of the molecule is C[C@H](CCC(=O)N1CCN(c2cccnn2)CC1)[C@H]1CC[C@H]2[C@@H]3CC=C4C[C@@H](O)CC[C@]4(C)[C@H]3CC[C@]12C. The summed E-state index contributed by atoms with van der Waals surface area (Å²) in [5, 5.41) is 18.5. The molecule has 6 heteroatoms. The minimum atomic E-state index is -0.124. The number of amides is 1. The molecule has 0 radical (unpaired) electrons. The van der Waals surface area contributed by atoms with Gasteiger partial charge in [-0.1, -0.05) is 32.4 Å². The first-order valence-corrected chi connectivity index (χ1v) is 15.5. The van der Waals surface area contributed by atoms with Gasteiger partial charge in [0.25, 0.3) is 0 Å². The molecule has 4 aliphatic carbocycles. The van der Waals surface area contributed by atoms with Gasteiger partial charge in [0.2, 0.25) is 5.91 Å². The topological polar surface area (TPSA) is 69.6 Å². The highest BCUT2D eigenvalue weighted by molar-refractivity contribution is 5.76. The molecule has 1 amide bonds. The summed E-state index contributed by atoms with van der Waals surface area (Å²) in [7, 11) is 0. The lowest BCUT2D eigenvalue weighted by Crippen LogP contribution is -2.51. The van der Waals surface area contributed by atoms with E-state index >= 15 is 0 Å². The number of aliphatic hydroxyl groups is 1. The molecule has 1 saturated heterocycles. The Kier molecular flexibility index (Phi) is 7.07. The Balaban J connectivity index is 1.04. The molecular weight excluding hydrogens is 472 g/mol. The van der Waals surface area contributed by atoms with Crippen LogP contribution in [0.3, 0.4) is 0 Å². The van der Waals surface area contributed by atoms with Crippen LogP contribution in [0.1, 0.15) is 85.0 Å². The van der Waals surface area contributed by atoms with Crippen molar-refractivity contribution in [3.8, 4) is 0 Å². The lowest BCUT2D eigenvalue weighted by molar-refractivity contribution is -0.132. The van der Waals surface area contributed by atoms with Gasteiger partial charge in [-0.05, 0) is 110 Å². The van der Waals surface area contributed by atoms with Crippen LogP contribution in [-0.4, -0.2) is 58.4 Å². The van der Waals surface area contributed by atoms with Crippen LogP contribution in [0.2, 0.25) is 0 Å². The predicted molar refractivity (Wildman–Crippen MR) is 150 cm³/mol. The lowest BCUT2D eigenvalue weighted by atomic mass is 9.47. The second-order valence-electron chi connectivity index (χ2n) is 13.8. The third-order valence-corrected chi connectivity index (χ3v) is 12.2. The molecule has 6 rings (SSSR count). The van der Waals surface area contributed by atoms with Crippen LogP contribution in [0, 0.1) is 40.4 Å². The van der Waals surface area contributed by atoms with E-state index in [0.29, 0.717) is 29.1 Å². The van der Waals surface area contributed by atoms with E-state index in [1.807, 2.05) is 12.1 Å². The van der Waals surface area contributed by atoms with Crippen LogP contribution < -0.4 is 4.90 Å². The second-order valence-corrected chi connectivity index (χ2v) is 13.8. The van der Waals surface area contributed by atoms with Gasteiger partial charge < -0.3 is 14.9 Å². The molecule has 0 spiro atoms. The van der Waals surface area contributed by atoms with E-state index in [2.05, 4.69) is 46.8 Å². The second kappa shape index (κ2) is 10.2. The van der Waals surface area contributed by atoms with Crippen molar-refractivity contribution in [2.24, 2.45) is 40.4 Å². The number of piperazine rings is 1. The Labute approximate surface area is 229 Å². The maximum Gasteiger partial charge on any atom is 0.222 e. The third kappa shape index (κ3) is 4.49. The molecular formula is C32H48N4O2. The van der Waals surface area contributed by atoms with Crippen molar-refractivity contribution in [1.82, 2.24) is 15.1 Å². The molecule has 5 aliphatic rings. The van der Waals surface area contributed by atoms with Crippen molar-refractivity contribution in [2.75, 3.05) is 31.1 Å². The van der Waals surface area contributed by atoms with E-state index in [4.69, 9.17) is 0 Å². The number of allylic oxidation sites excluding steroid dienone is 1. The normalized spacial score (nSPS) is 39.6. The van der Waals surface area contributed by atoms with E-state index < -0.39 is 0 Å². The molecule has 1 aliphatic heterocycles. The molecule has 0 aromatic carbocycles. The van der Waals surface area contributed by atoms with Crippen LogP contribution in [0.15, 0.2) is 30.0 Å². The largest absolute Gasteiger partial charge is 0.393 e. The Bertz CT molecular complexity index is 1040. The number of hydrogen-bond donors (Lipinski definition) is 1. The number of nitrogens with zero attached hydrogens (tertiary/aromatic N) is 4. The van der Waals surface area contributed by atoms with Gasteiger partial charge in [-0.2, -0.15) is 5.10 Å². The van der Waals surface area contributed by atoms with Crippen LogP contribution in [-0.2, 0) is 4.79 Å². The molecule has 3 saturated carbocycles. The van der Waals surface area contributed by atoms with Gasteiger partial charge in [-0.25, -0.2) is 0 Å². The average molecular weight is 521 g/mol.